The molecule has 1 atom stereocenters. The summed E-state index contributed by atoms with van der Waals surface area (Å²) in [5.41, 5.74) is 5.33. The predicted molar refractivity (Wildman–Crippen MR) is 174 cm³/mol. The first-order chi connectivity index (χ1) is 19.4. The van der Waals surface area contributed by atoms with Gasteiger partial charge in [0, 0.05) is 38.7 Å². The van der Waals surface area contributed by atoms with Crippen LogP contribution < -0.4 is 9.80 Å². The van der Waals surface area contributed by atoms with Gasteiger partial charge in [0.1, 0.15) is 0 Å². The van der Waals surface area contributed by atoms with Crippen molar-refractivity contribution in [3.63, 3.8) is 0 Å². The van der Waals surface area contributed by atoms with Gasteiger partial charge < -0.3 is 19.6 Å². The van der Waals surface area contributed by atoms with Crippen molar-refractivity contribution in [1.82, 2.24) is 9.80 Å². The maximum Gasteiger partial charge on any atom is 0.0553 e. The minimum atomic E-state index is 0.499. The van der Waals surface area contributed by atoms with E-state index in [1.165, 1.54) is 48.8 Å². The van der Waals surface area contributed by atoms with E-state index < -0.39 is 0 Å². The number of hydrogen-bond donors (Lipinski definition) is 0. The van der Waals surface area contributed by atoms with Crippen LogP contribution >= 0.6 is 23.5 Å². The van der Waals surface area contributed by atoms with Crippen molar-refractivity contribution in [2.24, 2.45) is 0 Å². The molecule has 6 heteroatoms. The maximum absolute atomic E-state index is 2.46. The van der Waals surface area contributed by atoms with Gasteiger partial charge in [-0.05, 0) is 96.6 Å². The number of fused-ring (bicyclic) bond motifs is 4. The van der Waals surface area contributed by atoms with Crippen molar-refractivity contribution in [3.8, 4) is 0 Å². The van der Waals surface area contributed by atoms with Crippen molar-refractivity contribution in [2.45, 2.75) is 39.0 Å². The van der Waals surface area contributed by atoms with E-state index >= 15 is 0 Å². The van der Waals surface area contributed by atoms with Crippen LogP contribution in [0.4, 0.5) is 22.7 Å². The number of rotatable bonds is 7. The number of benzene rings is 4. The van der Waals surface area contributed by atoms with Crippen molar-refractivity contribution in [3.05, 3.63) is 97.1 Å². The number of nitrogens with zero attached hydrogens (tertiary/aromatic N) is 4. The predicted octanol–water partition coefficient (Wildman–Crippen LogP) is 8.48. The molecule has 0 bridgehead atoms. The van der Waals surface area contributed by atoms with Gasteiger partial charge in [0.25, 0.3) is 0 Å². The lowest BCUT2D eigenvalue weighted by Gasteiger charge is -2.36. The molecule has 0 amide bonds. The van der Waals surface area contributed by atoms with E-state index in [1.54, 1.807) is 0 Å². The molecule has 2 aliphatic rings. The highest BCUT2D eigenvalue weighted by molar-refractivity contribution is 8.00. The summed E-state index contributed by atoms with van der Waals surface area (Å²) in [7, 11) is 8.55. The van der Waals surface area contributed by atoms with Crippen molar-refractivity contribution in [2.75, 3.05) is 57.6 Å². The smallest absolute Gasteiger partial charge is 0.0553 e. The second-order valence-corrected chi connectivity index (χ2v) is 13.0. The van der Waals surface area contributed by atoms with Gasteiger partial charge in [-0.1, -0.05) is 72.1 Å². The zero-order chi connectivity index (χ0) is 28.1. The summed E-state index contributed by atoms with van der Waals surface area (Å²) in [4.78, 5) is 14.8. The quantitative estimate of drug-likeness (QED) is 0.220. The first-order valence-corrected chi connectivity index (χ1v) is 15.6. The minimum absolute atomic E-state index is 0.499. The second-order valence-electron chi connectivity index (χ2n) is 10.8. The first kappa shape index (κ1) is 28.6. The van der Waals surface area contributed by atoms with Crippen LogP contribution in [0.3, 0.4) is 0 Å². The summed E-state index contributed by atoms with van der Waals surface area (Å²) in [5.74, 6) is 0. The summed E-state index contributed by atoms with van der Waals surface area (Å²) >= 11 is 3.74. The largest absolute Gasteiger partial charge is 0.340 e. The number of hydrogen-bond acceptors (Lipinski definition) is 6. The molecular formula is C34H40N4S2. The van der Waals surface area contributed by atoms with Crippen molar-refractivity contribution < 1.29 is 0 Å². The molecule has 6 rings (SSSR count). The molecule has 1 unspecified atom stereocenters. The first-order valence-electron chi connectivity index (χ1n) is 14.0. The molecule has 0 aliphatic carbocycles. The molecule has 4 nitrogen and oxygen atoms in total. The molecule has 208 valence electrons. The Morgan fingerprint density at radius 2 is 0.950 bits per heavy atom. The fraction of sp³-hybridized carbons (Fsp3) is 0.294. The third-order valence-electron chi connectivity index (χ3n) is 7.38. The lowest BCUT2D eigenvalue weighted by molar-refractivity contribution is 0.319. The van der Waals surface area contributed by atoms with E-state index in [-0.39, 0.29) is 0 Å². The van der Waals surface area contributed by atoms with Gasteiger partial charge in [0.05, 0.1) is 22.7 Å². The molecule has 2 aliphatic heterocycles. The highest BCUT2D eigenvalue weighted by atomic mass is 32.2. The van der Waals surface area contributed by atoms with E-state index in [0.29, 0.717) is 6.04 Å². The summed E-state index contributed by atoms with van der Waals surface area (Å²) in [6.45, 7) is 5.45. The lowest BCUT2D eigenvalue weighted by Crippen LogP contribution is -2.37. The fourth-order valence-corrected chi connectivity index (χ4v) is 7.16. The molecule has 4 aromatic rings. The van der Waals surface area contributed by atoms with Crippen molar-refractivity contribution >= 4 is 46.3 Å². The van der Waals surface area contributed by atoms with Crippen LogP contribution in [0.2, 0.25) is 0 Å². The molecule has 0 radical (unpaired) electrons. The zero-order valence-corrected chi connectivity index (χ0v) is 25.9. The summed E-state index contributed by atoms with van der Waals surface area (Å²) in [5, 5.41) is 0. The second kappa shape index (κ2) is 13.2. The van der Waals surface area contributed by atoms with E-state index in [9.17, 15) is 0 Å². The van der Waals surface area contributed by atoms with Crippen LogP contribution in [0, 0.1) is 0 Å². The van der Waals surface area contributed by atoms with Gasteiger partial charge >= 0.3 is 0 Å². The monoisotopic (exact) mass is 568 g/mol. The topological polar surface area (TPSA) is 13.0 Å². The average molecular weight is 569 g/mol. The summed E-state index contributed by atoms with van der Waals surface area (Å²) < 4.78 is 0. The molecule has 0 fully saturated rings. The van der Waals surface area contributed by atoms with Crippen LogP contribution in [0.1, 0.15) is 13.3 Å². The Balaban J connectivity index is 0.000000161. The number of para-hydroxylation sites is 4. The average Bonchev–Trinajstić information content (AvgIpc) is 2.96. The van der Waals surface area contributed by atoms with Crippen LogP contribution in [0.25, 0.3) is 0 Å². The molecule has 0 saturated carbocycles. The highest BCUT2D eigenvalue weighted by Gasteiger charge is 2.25. The van der Waals surface area contributed by atoms with E-state index in [0.717, 1.165) is 19.6 Å². The van der Waals surface area contributed by atoms with E-state index in [2.05, 4.69) is 152 Å². The van der Waals surface area contributed by atoms with Crippen LogP contribution in [-0.2, 0) is 0 Å². The Labute approximate surface area is 249 Å². The Bertz CT molecular complexity index is 1330. The Kier molecular flexibility index (Phi) is 9.43. The zero-order valence-electron chi connectivity index (χ0n) is 24.2. The van der Waals surface area contributed by atoms with Gasteiger partial charge in [-0.3, -0.25) is 0 Å². The van der Waals surface area contributed by atoms with Gasteiger partial charge in [0.15, 0.2) is 0 Å². The van der Waals surface area contributed by atoms with Crippen molar-refractivity contribution in [1.29, 1.82) is 0 Å². The van der Waals surface area contributed by atoms with Crippen LogP contribution in [0.15, 0.2) is 117 Å². The molecule has 0 aromatic heterocycles. The third kappa shape index (κ3) is 6.52. The maximum atomic E-state index is 2.46. The van der Waals surface area contributed by atoms with E-state index in [1.807, 2.05) is 23.5 Å². The number of anilines is 4. The SMILES string of the molecule is CC(CN1c2ccccc2Sc2ccccc21)N(C)C.CN(C)CCCN1c2ccccc2Sc2ccccc21. The Hall–Kier alpha value is -2.90. The molecule has 40 heavy (non-hydrogen) atoms. The molecule has 0 spiro atoms. The van der Waals surface area contributed by atoms with Gasteiger partial charge in [-0.2, -0.15) is 0 Å². The highest BCUT2D eigenvalue weighted by Crippen LogP contribution is 2.49. The van der Waals surface area contributed by atoms with Gasteiger partial charge in [-0.25, -0.2) is 0 Å². The Morgan fingerprint density at radius 3 is 1.32 bits per heavy atom. The standard InChI is InChI=1S/2C17H20N2S/c1-13(18(2)3)12-19-14-8-4-6-10-16(14)20-17-11-7-5-9-15(17)19;1-18(2)12-7-13-19-14-8-3-5-10-16(14)20-17-11-6-4-9-15(17)19/h4-11,13H,12H2,1-3H3;3-6,8-11H,7,12-13H2,1-2H3. The van der Waals surface area contributed by atoms with Gasteiger partial charge in [-0.15, -0.1) is 0 Å². The van der Waals surface area contributed by atoms with Crippen LogP contribution in [0.5, 0.6) is 0 Å². The normalized spacial score (nSPS) is 14.1. The lowest BCUT2D eigenvalue weighted by atomic mass is 10.2. The fourth-order valence-electron chi connectivity index (χ4n) is 4.97. The molecule has 4 aromatic carbocycles. The number of likely N-dealkylation sites (N-methyl/N-ethyl adjacent to an activating group) is 1. The minimum Gasteiger partial charge on any atom is -0.340 e. The van der Waals surface area contributed by atoms with E-state index in [4.69, 9.17) is 0 Å². The Morgan fingerprint density at radius 1 is 0.575 bits per heavy atom. The molecular weight excluding hydrogens is 529 g/mol. The van der Waals surface area contributed by atoms with Gasteiger partial charge in [0.2, 0.25) is 0 Å². The summed E-state index contributed by atoms with van der Waals surface area (Å²) in [6, 6.07) is 35.3. The third-order valence-corrected chi connectivity index (χ3v) is 9.64. The molecule has 2 heterocycles. The molecule has 0 N–H and O–H groups in total. The van der Waals surface area contributed by atoms with Crippen LogP contribution in [-0.4, -0.2) is 63.7 Å². The summed E-state index contributed by atoms with van der Waals surface area (Å²) in [6.07, 6.45) is 1.17. The molecule has 0 saturated heterocycles.